The van der Waals surface area contributed by atoms with Crippen LogP contribution in [0.1, 0.15) is 32.6 Å². The zero-order chi connectivity index (χ0) is 10.1. The standard InChI is InChI=1S/C9H16Cl2O2/c1-2-3-4-9(13-7-12)5-8(11)6-10/h7-9H,2-6H2,1H3. The summed E-state index contributed by atoms with van der Waals surface area (Å²) in [5.41, 5.74) is 0. The summed E-state index contributed by atoms with van der Waals surface area (Å²) in [6.45, 7) is 2.58. The van der Waals surface area contributed by atoms with Crippen molar-refractivity contribution in [3.8, 4) is 0 Å². The molecule has 0 fully saturated rings. The molecule has 0 N–H and O–H groups in total. The molecule has 0 aromatic rings. The third kappa shape index (κ3) is 7.15. The molecule has 13 heavy (non-hydrogen) atoms. The number of carbonyl (C=O) groups excluding carboxylic acids is 1. The lowest BCUT2D eigenvalue weighted by atomic mass is 10.1. The van der Waals surface area contributed by atoms with Crippen LogP contribution in [-0.2, 0) is 9.53 Å². The SMILES string of the molecule is CCCCC(CC(Cl)CCl)OC=O. The van der Waals surface area contributed by atoms with E-state index in [0.29, 0.717) is 18.8 Å². The molecule has 0 spiro atoms. The normalized spacial score (nSPS) is 15.0. The second-order valence-corrected chi connectivity index (χ2v) is 3.91. The number of unbranched alkanes of at least 4 members (excludes halogenated alkanes) is 1. The summed E-state index contributed by atoms with van der Waals surface area (Å²) in [5.74, 6) is 0.395. The first kappa shape index (κ1) is 13.1. The van der Waals surface area contributed by atoms with E-state index in [-0.39, 0.29) is 11.5 Å². The molecule has 0 amide bonds. The molecule has 0 radical (unpaired) electrons. The molecule has 2 unspecified atom stereocenters. The van der Waals surface area contributed by atoms with Crippen molar-refractivity contribution >= 4 is 29.7 Å². The number of ether oxygens (including phenoxy) is 1. The highest BCUT2D eigenvalue weighted by molar-refractivity contribution is 6.28. The Morgan fingerprint density at radius 1 is 1.54 bits per heavy atom. The highest BCUT2D eigenvalue weighted by atomic mass is 35.5. The van der Waals surface area contributed by atoms with Gasteiger partial charge in [-0.05, 0) is 6.42 Å². The molecule has 0 aliphatic carbocycles. The maximum Gasteiger partial charge on any atom is 0.293 e. The number of alkyl halides is 2. The average Bonchev–Trinajstić information content (AvgIpc) is 2.14. The van der Waals surface area contributed by atoms with E-state index in [0.717, 1.165) is 19.3 Å². The number of halogens is 2. The van der Waals surface area contributed by atoms with Crippen molar-refractivity contribution < 1.29 is 9.53 Å². The van der Waals surface area contributed by atoms with Crippen LogP contribution in [0, 0.1) is 0 Å². The minimum atomic E-state index is -0.108. The predicted molar refractivity (Wildman–Crippen MR) is 55.4 cm³/mol. The highest BCUT2D eigenvalue weighted by Gasteiger charge is 2.14. The summed E-state index contributed by atoms with van der Waals surface area (Å²) in [5, 5.41) is -0.108. The first-order chi connectivity index (χ1) is 6.24. The van der Waals surface area contributed by atoms with E-state index in [1.807, 2.05) is 0 Å². The van der Waals surface area contributed by atoms with Gasteiger partial charge in [0.2, 0.25) is 0 Å². The average molecular weight is 227 g/mol. The number of carbonyl (C=O) groups is 1. The summed E-state index contributed by atoms with van der Waals surface area (Å²) in [4.78, 5) is 10.1. The first-order valence-corrected chi connectivity index (χ1v) is 5.50. The van der Waals surface area contributed by atoms with Gasteiger partial charge in [-0.3, -0.25) is 4.79 Å². The summed E-state index contributed by atoms with van der Waals surface area (Å²) in [6.07, 6.45) is 3.58. The van der Waals surface area contributed by atoms with Crippen LogP contribution < -0.4 is 0 Å². The van der Waals surface area contributed by atoms with E-state index >= 15 is 0 Å². The molecular weight excluding hydrogens is 211 g/mol. The summed E-state index contributed by atoms with van der Waals surface area (Å²) < 4.78 is 4.89. The van der Waals surface area contributed by atoms with Crippen LogP contribution in [0.2, 0.25) is 0 Å². The molecule has 0 saturated carbocycles. The molecule has 4 heteroatoms. The van der Waals surface area contributed by atoms with Gasteiger partial charge < -0.3 is 4.74 Å². The van der Waals surface area contributed by atoms with Crippen LogP contribution >= 0.6 is 23.2 Å². The van der Waals surface area contributed by atoms with Crippen LogP contribution in [-0.4, -0.2) is 23.8 Å². The lowest BCUT2D eigenvalue weighted by Crippen LogP contribution is -2.18. The molecule has 78 valence electrons. The third-order valence-electron chi connectivity index (χ3n) is 1.81. The zero-order valence-electron chi connectivity index (χ0n) is 7.84. The van der Waals surface area contributed by atoms with Crippen LogP contribution in [0.25, 0.3) is 0 Å². The van der Waals surface area contributed by atoms with Crippen LogP contribution in [0.15, 0.2) is 0 Å². The van der Waals surface area contributed by atoms with Gasteiger partial charge in [0.1, 0.15) is 6.10 Å². The molecule has 0 aliphatic heterocycles. The quantitative estimate of drug-likeness (QED) is 0.470. The fourth-order valence-corrected chi connectivity index (χ4v) is 1.42. The van der Waals surface area contributed by atoms with Gasteiger partial charge in [-0.25, -0.2) is 0 Å². The predicted octanol–water partition coefficient (Wildman–Crippen LogP) is 2.95. The summed E-state index contributed by atoms with van der Waals surface area (Å²) in [7, 11) is 0. The Bertz CT molecular complexity index is 131. The van der Waals surface area contributed by atoms with Crippen LogP contribution in [0.3, 0.4) is 0 Å². The monoisotopic (exact) mass is 226 g/mol. The van der Waals surface area contributed by atoms with E-state index in [4.69, 9.17) is 27.9 Å². The van der Waals surface area contributed by atoms with E-state index in [9.17, 15) is 4.79 Å². The Hall–Kier alpha value is 0.0500. The highest BCUT2D eigenvalue weighted by Crippen LogP contribution is 2.14. The summed E-state index contributed by atoms with van der Waals surface area (Å²) in [6, 6.07) is 0. The van der Waals surface area contributed by atoms with Crippen molar-refractivity contribution in [1.29, 1.82) is 0 Å². The Morgan fingerprint density at radius 2 is 2.23 bits per heavy atom. The number of hydrogen-bond donors (Lipinski definition) is 0. The van der Waals surface area contributed by atoms with Gasteiger partial charge in [0.25, 0.3) is 6.47 Å². The minimum absolute atomic E-state index is 0.0706. The van der Waals surface area contributed by atoms with Gasteiger partial charge in [-0.15, -0.1) is 23.2 Å². The fourth-order valence-electron chi connectivity index (χ4n) is 1.10. The van der Waals surface area contributed by atoms with E-state index in [2.05, 4.69) is 6.92 Å². The van der Waals surface area contributed by atoms with Gasteiger partial charge in [-0.1, -0.05) is 19.8 Å². The van der Waals surface area contributed by atoms with Crippen molar-refractivity contribution in [2.75, 3.05) is 5.88 Å². The van der Waals surface area contributed by atoms with E-state index in [1.54, 1.807) is 0 Å². The Labute approximate surface area is 89.5 Å². The largest absolute Gasteiger partial charge is 0.465 e. The van der Waals surface area contributed by atoms with Gasteiger partial charge >= 0.3 is 0 Å². The molecule has 2 nitrogen and oxygen atoms in total. The van der Waals surface area contributed by atoms with Gasteiger partial charge in [0, 0.05) is 12.3 Å². The van der Waals surface area contributed by atoms with Crippen molar-refractivity contribution in [2.24, 2.45) is 0 Å². The molecule has 0 bridgehead atoms. The maximum absolute atomic E-state index is 10.1. The van der Waals surface area contributed by atoms with Gasteiger partial charge in [0.05, 0.1) is 5.38 Å². The summed E-state index contributed by atoms with van der Waals surface area (Å²) >= 11 is 11.4. The zero-order valence-corrected chi connectivity index (χ0v) is 9.35. The Morgan fingerprint density at radius 3 is 2.69 bits per heavy atom. The molecule has 0 heterocycles. The molecular formula is C9H16Cl2O2. The van der Waals surface area contributed by atoms with Crippen molar-refractivity contribution in [1.82, 2.24) is 0 Å². The van der Waals surface area contributed by atoms with Crippen molar-refractivity contribution in [2.45, 2.75) is 44.1 Å². The second kappa shape index (κ2) is 8.64. The minimum Gasteiger partial charge on any atom is -0.465 e. The van der Waals surface area contributed by atoms with Gasteiger partial charge in [0.15, 0.2) is 0 Å². The fraction of sp³-hybridized carbons (Fsp3) is 0.889. The molecule has 0 rings (SSSR count). The van der Waals surface area contributed by atoms with Crippen molar-refractivity contribution in [3.63, 3.8) is 0 Å². The number of hydrogen-bond acceptors (Lipinski definition) is 2. The van der Waals surface area contributed by atoms with E-state index < -0.39 is 0 Å². The lowest BCUT2D eigenvalue weighted by molar-refractivity contribution is -0.134. The van der Waals surface area contributed by atoms with Crippen LogP contribution in [0.5, 0.6) is 0 Å². The molecule has 2 atom stereocenters. The topological polar surface area (TPSA) is 26.3 Å². The smallest absolute Gasteiger partial charge is 0.293 e. The van der Waals surface area contributed by atoms with Gasteiger partial charge in [-0.2, -0.15) is 0 Å². The lowest BCUT2D eigenvalue weighted by Gasteiger charge is -2.16. The van der Waals surface area contributed by atoms with Crippen molar-refractivity contribution in [3.05, 3.63) is 0 Å². The Kier molecular flexibility index (Phi) is 8.67. The molecule has 0 aromatic carbocycles. The molecule has 0 saturated heterocycles. The third-order valence-corrected chi connectivity index (χ3v) is 2.68. The number of rotatable bonds is 8. The van der Waals surface area contributed by atoms with E-state index in [1.165, 1.54) is 0 Å². The Balaban J connectivity index is 3.71. The second-order valence-electron chi connectivity index (χ2n) is 2.98. The maximum atomic E-state index is 10.1. The first-order valence-electron chi connectivity index (χ1n) is 4.53. The molecule has 0 aliphatic rings. The van der Waals surface area contributed by atoms with Crippen LogP contribution in [0.4, 0.5) is 0 Å². The molecule has 0 aromatic heterocycles.